The lowest BCUT2D eigenvalue weighted by Crippen LogP contribution is -3.10. The summed E-state index contributed by atoms with van der Waals surface area (Å²) in [5, 5.41) is 37.6. The first-order valence-electron chi connectivity index (χ1n) is 8.16. The van der Waals surface area contributed by atoms with E-state index in [-0.39, 0.29) is 11.3 Å². The molecule has 0 spiro atoms. The van der Waals surface area contributed by atoms with Crippen molar-refractivity contribution < 1.29 is 13.7 Å². The molecular weight excluding hydrogens is 336 g/mol. The second-order valence-electron chi connectivity index (χ2n) is 6.83. The zero-order valence-corrected chi connectivity index (χ0v) is 14.1. The third-order valence-electron chi connectivity index (χ3n) is 5.38. The van der Waals surface area contributed by atoms with Gasteiger partial charge in [-0.05, 0) is 23.3 Å². The first-order chi connectivity index (χ1) is 12.4. The molecule has 1 aliphatic heterocycles. The van der Waals surface area contributed by atoms with Crippen LogP contribution in [0.5, 0.6) is 0 Å². The van der Waals surface area contributed by atoms with Gasteiger partial charge in [-0.15, -0.1) is 0 Å². The molecule has 1 fully saturated rings. The Morgan fingerprint density at radius 3 is 2.50 bits per heavy atom. The van der Waals surface area contributed by atoms with Crippen LogP contribution in [0, 0.1) is 68.3 Å². The SMILES string of the molecule is C[NH+]1CC=C2C(C#N)C(=N)C(C#N)(C#N)[C@@H](c3ccc(F)cc3F)[C@H]2C1. The van der Waals surface area contributed by atoms with Crippen molar-refractivity contribution in [1.29, 1.82) is 21.2 Å². The van der Waals surface area contributed by atoms with E-state index < -0.39 is 34.8 Å². The molecule has 5 nitrogen and oxygen atoms in total. The van der Waals surface area contributed by atoms with Crippen molar-refractivity contribution >= 4 is 5.71 Å². The third kappa shape index (κ3) is 2.39. The molecule has 2 aliphatic rings. The number of quaternary nitrogens is 1. The highest BCUT2D eigenvalue weighted by atomic mass is 19.1. The van der Waals surface area contributed by atoms with Crippen LogP contribution in [0.2, 0.25) is 0 Å². The zero-order chi connectivity index (χ0) is 19.1. The van der Waals surface area contributed by atoms with Crippen LogP contribution < -0.4 is 4.90 Å². The molecular formula is C19H16F2N5+. The van der Waals surface area contributed by atoms with E-state index >= 15 is 0 Å². The van der Waals surface area contributed by atoms with Gasteiger partial charge >= 0.3 is 0 Å². The summed E-state index contributed by atoms with van der Waals surface area (Å²) in [4.78, 5) is 1.08. The summed E-state index contributed by atoms with van der Waals surface area (Å²) in [7, 11) is 1.92. The minimum Gasteiger partial charge on any atom is -0.334 e. The van der Waals surface area contributed by atoms with Crippen molar-refractivity contribution in [2.45, 2.75) is 5.92 Å². The van der Waals surface area contributed by atoms with Crippen LogP contribution in [0.25, 0.3) is 0 Å². The molecule has 2 unspecified atom stereocenters. The zero-order valence-electron chi connectivity index (χ0n) is 14.1. The Bertz CT molecular complexity index is 917. The molecule has 130 valence electrons. The topological polar surface area (TPSA) is 99.7 Å². The van der Waals surface area contributed by atoms with Gasteiger partial charge in [-0.1, -0.05) is 6.07 Å². The van der Waals surface area contributed by atoms with Crippen LogP contribution in [0.4, 0.5) is 8.78 Å². The van der Waals surface area contributed by atoms with Crippen molar-refractivity contribution in [3.63, 3.8) is 0 Å². The minimum atomic E-state index is -1.97. The fraction of sp³-hybridized carbons (Fsp3) is 0.368. The smallest absolute Gasteiger partial charge is 0.190 e. The van der Waals surface area contributed by atoms with E-state index in [0.29, 0.717) is 18.7 Å². The average Bonchev–Trinajstić information content (AvgIpc) is 2.62. The summed E-state index contributed by atoms with van der Waals surface area (Å²) in [5.41, 5.74) is -1.63. The first kappa shape index (κ1) is 17.7. The predicted octanol–water partition coefficient (Wildman–Crippen LogP) is 1.33. The Hall–Kier alpha value is -3.08. The number of fused-ring (bicyclic) bond motifs is 1. The number of nitrogens with zero attached hydrogens (tertiary/aromatic N) is 3. The van der Waals surface area contributed by atoms with Gasteiger partial charge in [0.1, 0.15) is 17.6 Å². The molecule has 26 heavy (non-hydrogen) atoms. The molecule has 1 aromatic carbocycles. The molecule has 1 aliphatic carbocycles. The van der Waals surface area contributed by atoms with Crippen LogP contribution in [0.15, 0.2) is 29.8 Å². The maximum absolute atomic E-state index is 14.6. The van der Waals surface area contributed by atoms with Gasteiger partial charge in [0, 0.05) is 17.9 Å². The Morgan fingerprint density at radius 1 is 1.23 bits per heavy atom. The highest BCUT2D eigenvalue weighted by Crippen LogP contribution is 2.52. The van der Waals surface area contributed by atoms with Crippen LogP contribution >= 0.6 is 0 Å². The van der Waals surface area contributed by atoms with Crippen LogP contribution in [-0.2, 0) is 0 Å². The van der Waals surface area contributed by atoms with Crippen molar-refractivity contribution in [1.82, 2.24) is 0 Å². The maximum Gasteiger partial charge on any atom is 0.190 e. The molecule has 4 atom stereocenters. The Kier molecular flexibility index (Phi) is 4.32. The number of nitriles is 3. The molecule has 7 heteroatoms. The lowest BCUT2D eigenvalue weighted by atomic mass is 9.54. The summed E-state index contributed by atoms with van der Waals surface area (Å²) in [6.45, 7) is 1.13. The monoisotopic (exact) mass is 352 g/mol. The molecule has 1 saturated carbocycles. The molecule has 1 heterocycles. The molecule has 0 aromatic heterocycles. The largest absolute Gasteiger partial charge is 0.334 e. The van der Waals surface area contributed by atoms with Gasteiger partial charge in [0.05, 0.1) is 44.1 Å². The summed E-state index contributed by atoms with van der Waals surface area (Å²) in [6, 6.07) is 8.84. The number of halogens is 2. The molecule has 3 rings (SSSR count). The highest BCUT2D eigenvalue weighted by molar-refractivity contribution is 6.00. The minimum absolute atomic E-state index is 0.0289. The van der Waals surface area contributed by atoms with Gasteiger partial charge in [0.15, 0.2) is 5.41 Å². The highest BCUT2D eigenvalue weighted by Gasteiger charge is 2.59. The maximum atomic E-state index is 14.6. The van der Waals surface area contributed by atoms with E-state index in [4.69, 9.17) is 5.41 Å². The van der Waals surface area contributed by atoms with E-state index in [9.17, 15) is 24.6 Å². The fourth-order valence-electron chi connectivity index (χ4n) is 4.15. The summed E-state index contributed by atoms with van der Waals surface area (Å²) >= 11 is 0. The Labute approximate surface area is 149 Å². The number of benzene rings is 1. The van der Waals surface area contributed by atoms with E-state index in [1.807, 2.05) is 31.3 Å². The van der Waals surface area contributed by atoms with Crippen molar-refractivity contribution in [3.8, 4) is 18.2 Å². The number of hydrogen-bond acceptors (Lipinski definition) is 4. The van der Waals surface area contributed by atoms with Crippen molar-refractivity contribution in [3.05, 3.63) is 47.0 Å². The molecule has 0 radical (unpaired) electrons. The molecule has 0 saturated heterocycles. The molecule has 1 aromatic rings. The van der Waals surface area contributed by atoms with E-state index in [2.05, 4.69) is 0 Å². The van der Waals surface area contributed by atoms with Gasteiger partial charge < -0.3 is 10.3 Å². The van der Waals surface area contributed by atoms with Gasteiger partial charge in [-0.3, -0.25) is 0 Å². The number of nitrogens with one attached hydrogen (secondary N) is 2. The lowest BCUT2D eigenvalue weighted by Gasteiger charge is -2.45. The first-order valence-corrected chi connectivity index (χ1v) is 8.16. The van der Waals surface area contributed by atoms with Gasteiger partial charge in [0.25, 0.3) is 0 Å². The Balaban J connectivity index is 2.30. The van der Waals surface area contributed by atoms with E-state index in [1.165, 1.54) is 6.07 Å². The second-order valence-corrected chi connectivity index (χ2v) is 6.83. The quantitative estimate of drug-likeness (QED) is 0.746. The predicted molar refractivity (Wildman–Crippen MR) is 87.8 cm³/mol. The van der Waals surface area contributed by atoms with Crippen LogP contribution in [-0.4, -0.2) is 25.8 Å². The third-order valence-corrected chi connectivity index (χ3v) is 5.38. The van der Waals surface area contributed by atoms with Gasteiger partial charge in [-0.2, -0.15) is 15.8 Å². The number of hydrogen-bond donors (Lipinski definition) is 2. The normalized spacial score (nSPS) is 29.5. The summed E-state index contributed by atoms with van der Waals surface area (Å²) < 4.78 is 28.0. The fourth-order valence-corrected chi connectivity index (χ4v) is 4.15. The number of rotatable bonds is 1. The van der Waals surface area contributed by atoms with Crippen molar-refractivity contribution in [2.24, 2.45) is 17.3 Å². The van der Waals surface area contributed by atoms with E-state index in [1.54, 1.807) is 0 Å². The molecule has 0 bridgehead atoms. The average molecular weight is 352 g/mol. The summed E-state index contributed by atoms with van der Waals surface area (Å²) in [6.07, 6.45) is 1.85. The Morgan fingerprint density at radius 2 is 1.92 bits per heavy atom. The number of likely N-dealkylation sites (N-methyl/N-ethyl adjacent to an activating group) is 1. The van der Waals surface area contributed by atoms with Crippen LogP contribution in [0.3, 0.4) is 0 Å². The van der Waals surface area contributed by atoms with Gasteiger partial charge in [0.2, 0.25) is 0 Å². The van der Waals surface area contributed by atoms with Crippen LogP contribution in [0.1, 0.15) is 11.5 Å². The van der Waals surface area contributed by atoms with E-state index in [0.717, 1.165) is 17.0 Å². The second kappa shape index (κ2) is 6.33. The standard InChI is InChI=1S/C19H15F2N5/c1-26-5-4-12-14(7-22)18(25)19(9-23,10-24)17(15(12)8-26)13-3-2-11(20)6-16(13)21/h2-4,6,14-15,17,25H,5,8H2,1H3/p+1/t14?,15-,17-/m0/s1. The van der Waals surface area contributed by atoms with Crippen molar-refractivity contribution in [2.75, 3.05) is 20.1 Å². The summed E-state index contributed by atoms with van der Waals surface area (Å²) in [5.74, 6) is -4.02. The van der Waals surface area contributed by atoms with Gasteiger partial charge in [-0.25, -0.2) is 8.78 Å². The molecule has 2 N–H and O–H groups in total. The lowest BCUT2D eigenvalue weighted by molar-refractivity contribution is -0.878. The molecule has 0 amide bonds.